The van der Waals surface area contributed by atoms with E-state index in [1.807, 2.05) is 108 Å². The Morgan fingerprint density at radius 2 is 1.33 bits per heavy atom. The third-order valence-corrected chi connectivity index (χ3v) is 10.6. The molecule has 0 saturated carbocycles. The van der Waals surface area contributed by atoms with Gasteiger partial charge in [-0.1, -0.05) is 53.8 Å². The monoisotopic (exact) mass is 726 g/mol. The molecule has 54 heavy (non-hydrogen) atoms. The Kier molecular flexibility index (Phi) is 8.84. The van der Waals surface area contributed by atoms with Crippen LogP contribution in [0.1, 0.15) is 53.7 Å². The summed E-state index contributed by atoms with van der Waals surface area (Å²) in [5.74, 6) is 0.0388. The number of amides is 2. The van der Waals surface area contributed by atoms with Crippen LogP contribution in [0.4, 0.5) is 11.4 Å². The molecule has 8 aromatic rings. The van der Waals surface area contributed by atoms with Crippen LogP contribution in [0.25, 0.3) is 27.5 Å². The maximum atomic E-state index is 13.9. The maximum Gasteiger partial charge on any atom is 0.272 e. The average Bonchev–Trinajstić information content (AvgIpc) is 3.97. The Bertz CT molecular complexity index is 2810. The zero-order valence-electron chi connectivity index (χ0n) is 29.3. The van der Waals surface area contributed by atoms with Gasteiger partial charge in [0, 0.05) is 55.3 Å². The van der Waals surface area contributed by atoms with Crippen molar-refractivity contribution in [3.63, 3.8) is 0 Å². The summed E-state index contributed by atoms with van der Waals surface area (Å²) in [6, 6.07) is 34.9. The molecule has 10 nitrogen and oxygen atoms in total. The van der Waals surface area contributed by atoms with E-state index < -0.39 is 0 Å². The minimum absolute atomic E-state index is 0.212. The molecule has 0 aliphatic rings. The lowest BCUT2D eigenvalue weighted by atomic mass is 10.1. The van der Waals surface area contributed by atoms with Crippen molar-refractivity contribution in [2.75, 3.05) is 10.6 Å². The topological polar surface area (TPSA) is 133 Å². The molecule has 0 atom stereocenters. The quantitative estimate of drug-likeness (QED) is 0.144. The van der Waals surface area contributed by atoms with Gasteiger partial charge in [-0.15, -0.1) is 0 Å². The normalized spacial score (nSPS) is 11.0. The number of fused-ring (bicyclic) bond motifs is 2. The van der Waals surface area contributed by atoms with E-state index in [1.54, 1.807) is 25.1 Å². The molecule has 0 saturated heterocycles. The van der Waals surface area contributed by atoms with Gasteiger partial charge in [0.15, 0.2) is 4.88 Å². The van der Waals surface area contributed by atoms with Crippen molar-refractivity contribution in [2.24, 2.45) is 0 Å². The first-order valence-electron chi connectivity index (χ1n) is 17.2. The highest BCUT2D eigenvalue weighted by atomic mass is 32.1. The molecule has 4 aromatic heterocycles. The van der Waals surface area contributed by atoms with E-state index in [-0.39, 0.29) is 11.8 Å². The van der Waals surface area contributed by atoms with Gasteiger partial charge in [0.25, 0.3) is 11.8 Å². The highest BCUT2D eigenvalue weighted by Gasteiger charge is 2.26. The fourth-order valence-corrected chi connectivity index (χ4v) is 7.66. The SMILES string of the molecule is Cc1occc1C(=O)Nc1cn(Cc2ccc(C#N)cc2)c2ccc(-[n+]3csc(C(=O)Nc4cn(Cc5ccc(C#N)cc5)c5ccccc45)c3C)cc12. The predicted molar refractivity (Wildman–Crippen MR) is 208 cm³/mol. The largest absolute Gasteiger partial charge is 0.469 e. The minimum Gasteiger partial charge on any atom is -0.469 e. The number of rotatable bonds is 9. The molecule has 11 heteroatoms. The predicted octanol–water partition coefficient (Wildman–Crippen LogP) is 8.49. The molecule has 4 heterocycles. The number of para-hydroxylation sites is 1. The molecule has 4 aromatic carbocycles. The standard InChI is InChI=1S/C43H31N7O3S/c1-27-41(43(52)47-37-24-48(39-6-4-3-5-35(37)39)22-31-11-7-29(20-44)8-12-31)54-26-50(27)33-15-16-40-36(19-33)38(46-42(51)34-17-18-53-28(34)2)25-49(40)23-32-13-9-30(21-45)10-14-32/h3-19,24-26H,22-23H2,1-2H3,(H-,46,47,51,52)/p+1. The van der Waals surface area contributed by atoms with Crippen molar-refractivity contribution >= 4 is 56.3 Å². The van der Waals surface area contributed by atoms with Gasteiger partial charge in [0.2, 0.25) is 16.9 Å². The molecule has 0 aliphatic carbocycles. The number of nitrogens with one attached hydrogen (secondary N) is 2. The summed E-state index contributed by atoms with van der Waals surface area (Å²) in [5, 5.41) is 26.4. The van der Waals surface area contributed by atoms with E-state index in [9.17, 15) is 20.1 Å². The molecule has 8 rings (SSSR count). The number of thiazole rings is 1. The lowest BCUT2D eigenvalue weighted by Gasteiger charge is -2.06. The third-order valence-electron chi connectivity index (χ3n) is 9.58. The molecule has 0 radical (unpaired) electrons. The van der Waals surface area contributed by atoms with Crippen LogP contribution >= 0.6 is 11.3 Å². The van der Waals surface area contributed by atoms with Crippen LogP contribution in [0.3, 0.4) is 0 Å². The van der Waals surface area contributed by atoms with E-state index in [1.165, 1.54) is 17.6 Å². The molecule has 2 N–H and O–H groups in total. The summed E-state index contributed by atoms with van der Waals surface area (Å²) in [6.45, 7) is 4.79. The average molecular weight is 727 g/mol. The number of furan rings is 1. The molecular weight excluding hydrogens is 695 g/mol. The van der Waals surface area contributed by atoms with Gasteiger partial charge in [0.1, 0.15) is 5.76 Å². The number of hydrogen-bond donors (Lipinski definition) is 2. The third kappa shape index (κ3) is 6.41. The highest BCUT2D eigenvalue weighted by molar-refractivity contribution is 7.11. The van der Waals surface area contributed by atoms with Gasteiger partial charge < -0.3 is 24.2 Å². The molecule has 262 valence electrons. The number of carbonyl (C=O) groups is 2. The van der Waals surface area contributed by atoms with E-state index in [4.69, 9.17) is 4.42 Å². The number of carbonyl (C=O) groups excluding carboxylic acids is 2. The summed E-state index contributed by atoms with van der Waals surface area (Å²) in [6.07, 6.45) is 5.37. The van der Waals surface area contributed by atoms with Crippen molar-refractivity contribution in [3.8, 4) is 17.8 Å². The molecule has 0 unspecified atom stereocenters. The zero-order chi connectivity index (χ0) is 37.3. The second-order valence-corrected chi connectivity index (χ2v) is 13.8. The van der Waals surface area contributed by atoms with Gasteiger partial charge in [-0.25, -0.2) is 0 Å². The first kappa shape index (κ1) is 33.9. The second-order valence-electron chi connectivity index (χ2n) is 13.0. The van der Waals surface area contributed by atoms with E-state index in [0.29, 0.717) is 51.8 Å². The number of anilines is 2. The Hall–Kier alpha value is -7.21. The van der Waals surface area contributed by atoms with Gasteiger partial charge in [-0.05, 0) is 60.5 Å². The van der Waals surface area contributed by atoms with Crippen LogP contribution in [0.2, 0.25) is 0 Å². The van der Waals surface area contributed by atoms with Crippen LogP contribution in [-0.2, 0) is 13.1 Å². The Morgan fingerprint density at radius 3 is 1.94 bits per heavy atom. The fraction of sp³-hybridized carbons (Fsp3) is 0.0930. The Morgan fingerprint density at radius 1 is 0.741 bits per heavy atom. The Labute approximate surface area is 314 Å². The number of nitriles is 2. The summed E-state index contributed by atoms with van der Waals surface area (Å²) in [5.41, 5.74) is 10.5. The Balaban J connectivity index is 1.10. The lowest BCUT2D eigenvalue weighted by Crippen LogP contribution is -2.32. The number of hydrogen-bond acceptors (Lipinski definition) is 6. The van der Waals surface area contributed by atoms with Crippen LogP contribution in [0.15, 0.2) is 126 Å². The highest BCUT2D eigenvalue weighted by Crippen LogP contribution is 2.31. The fourth-order valence-electron chi connectivity index (χ4n) is 6.75. The van der Waals surface area contributed by atoms with E-state index >= 15 is 0 Å². The van der Waals surface area contributed by atoms with Crippen molar-refractivity contribution in [1.29, 1.82) is 10.5 Å². The molecular formula is C43H32N7O3S+. The van der Waals surface area contributed by atoms with Crippen molar-refractivity contribution < 1.29 is 18.6 Å². The van der Waals surface area contributed by atoms with Crippen molar-refractivity contribution in [2.45, 2.75) is 26.9 Å². The maximum absolute atomic E-state index is 13.9. The molecule has 0 aliphatic heterocycles. The van der Waals surface area contributed by atoms with Gasteiger partial charge in [0.05, 0.1) is 57.5 Å². The van der Waals surface area contributed by atoms with Crippen LogP contribution in [-0.4, -0.2) is 20.9 Å². The first-order chi connectivity index (χ1) is 26.3. The molecule has 2 amide bonds. The van der Waals surface area contributed by atoms with Crippen LogP contribution in [0.5, 0.6) is 0 Å². The minimum atomic E-state index is -0.277. The zero-order valence-corrected chi connectivity index (χ0v) is 30.1. The number of aromatic nitrogens is 3. The second kappa shape index (κ2) is 14.1. The van der Waals surface area contributed by atoms with E-state index in [0.717, 1.165) is 44.3 Å². The number of benzene rings is 4. The van der Waals surface area contributed by atoms with Crippen molar-refractivity contribution in [3.05, 3.63) is 165 Å². The lowest BCUT2D eigenvalue weighted by molar-refractivity contribution is -0.597. The van der Waals surface area contributed by atoms with Gasteiger partial charge >= 0.3 is 0 Å². The van der Waals surface area contributed by atoms with E-state index in [2.05, 4.69) is 31.9 Å². The first-order valence-corrected chi connectivity index (χ1v) is 18.0. The summed E-state index contributed by atoms with van der Waals surface area (Å²) < 4.78 is 11.5. The molecule has 0 bridgehead atoms. The summed E-state index contributed by atoms with van der Waals surface area (Å²) >= 11 is 1.36. The molecule has 0 spiro atoms. The summed E-state index contributed by atoms with van der Waals surface area (Å²) in [4.78, 5) is 27.8. The molecule has 0 fully saturated rings. The summed E-state index contributed by atoms with van der Waals surface area (Å²) in [7, 11) is 0. The van der Waals surface area contributed by atoms with Gasteiger partial charge in [-0.2, -0.15) is 15.1 Å². The van der Waals surface area contributed by atoms with Crippen LogP contribution in [0, 0.1) is 36.5 Å². The van der Waals surface area contributed by atoms with Crippen molar-refractivity contribution in [1.82, 2.24) is 9.13 Å². The smallest absolute Gasteiger partial charge is 0.272 e. The van der Waals surface area contributed by atoms with Gasteiger partial charge in [-0.3, -0.25) is 9.59 Å². The number of nitrogens with zero attached hydrogens (tertiary/aromatic N) is 5. The number of aryl methyl sites for hydroxylation is 1. The van der Waals surface area contributed by atoms with Crippen LogP contribution < -0.4 is 15.2 Å².